The lowest BCUT2D eigenvalue weighted by Crippen LogP contribution is -2.51. The van der Waals surface area contributed by atoms with E-state index in [2.05, 4.69) is 15.0 Å². The fraction of sp³-hybridized carbons (Fsp3) is 0.923. The van der Waals surface area contributed by atoms with E-state index in [1.54, 1.807) is 0 Å². The van der Waals surface area contributed by atoms with Crippen molar-refractivity contribution in [3.05, 3.63) is 0 Å². The molecule has 3 N–H and O–H groups in total. The molecular weight excluding hydrogens is 228 g/mol. The van der Waals surface area contributed by atoms with Crippen molar-refractivity contribution < 1.29 is 5.21 Å². The van der Waals surface area contributed by atoms with Crippen molar-refractivity contribution in [2.24, 2.45) is 16.3 Å². The summed E-state index contributed by atoms with van der Waals surface area (Å²) in [6.07, 6.45) is 3.64. The molecule has 0 radical (unpaired) electrons. The van der Waals surface area contributed by atoms with Crippen LogP contribution in [-0.2, 0) is 0 Å². The van der Waals surface area contributed by atoms with Gasteiger partial charge in [0, 0.05) is 31.1 Å². The molecule has 0 aromatic carbocycles. The van der Waals surface area contributed by atoms with E-state index in [1.807, 2.05) is 13.8 Å². The molecule has 1 unspecified atom stereocenters. The molecule has 0 spiro atoms. The molecule has 0 aliphatic carbocycles. The van der Waals surface area contributed by atoms with Gasteiger partial charge < -0.3 is 15.8 Å². The predicted molar refractivity (Wildman–Crippen MR) is 72.8 cm³/mol. The van der Waals surface area contributed by atoms with Crippen LogP contribution < -0.4 is 5.73 Å². The first-order valence-electron chi connectivity index (χ1n) is 6.97. The van der Waals surface area contributed by atoms with E-state index >= 15 is 0 Å². The highest BCUT2D eigenvalue weighted by molar-refractivity contribution is 5.85. The summed E-state index contributed by atoms with van der Waals surface area (Å²) < 4.78 is 0. The van der Waals surface area contributed by atoms with Crippen LogP contribution in [0.15, 0.2) is 5.16 Å². The SMILES string of the molecule is CC(C)(CCN1CCN2CCCC2C1)C(N)=NO. The third-order valence-corrected chi connectivity index (χ3v) is 4.53. The Morgan fingerprint density at radius 2 is 2.17 bits per heavy atom. The zero-order valence-corrected chi connectivity index (χ0v) is 11.6. The standard InChI is InChI=1S/C13H26N4O/c1-13(2,12(14)15-18)5-7-16-8-9-17-6-3-4-11(17)10-16/h11,18H,3-10H2,1-2H3,(H2,14,15). The van der Waals surface area contributed by atoms with Gasteiger partial charge in [0.25, 0.3) is 0 Å². The summed E-state index contributed by atoms with van der Waals surface area (Å²) in [4.78, 5) is 5.14. The highest BCUT2D eigenvalue weighted by atomic mass is 16.4. The predicted octanol–water partition coefficient (Wildman–Crippen LogP) is 0.929. The van der Waals surface area contributed by atoms with Gasteiger partial charge in [-0.05, 0) is 32.4 Å². The van der Waals surface area contributed by atoms with Crippen molar-refractivity contribution in [3.63, 3.8) is 0 Å². The van der Waals surface area contributed by atoms with Crippen LogP contribution in [0.25, 0.3) is 0 Å². The minimum atomic E-state index is -0.221. The Balaban J connectivity index is 1.80. The van der Waals surface area contributed by atoms with E-state index in [0.717, 1.165) is 25.6 Å². The fourth-order valence-electron chi connectivity index (χ4n) is 2.96. The quantitative estimate of drug-likeness (QED) is 0.339. The van der Waals surface area contributed by atoms with Crippen LogP contribution in [0, 0.1) is 5.41 Å². The lowest BCUT2D eigenvalue weighted by Gasteiger charge is -2.38. The first-order valence-corrected chi connectivity index (χ1v) is 6.97. The summed E-state index contributed by atoms with van der Waals surface area (Å²) in [7, 11) is 0. The number of hydrogen-bond donors (Lipinski definition) is 2. The first-order chi connectivity index (χ1) is 8.53. The summed E-state index contributed by atoms with van der Waals surface area (Å²) >= 11 is 0. The van der Waals surface area contributed by atoms with Gasteiger partial charge in [-0.2, -0.15) is 0 Å². The molecule has 2 aliphatic heterocycles. The van der Waals surface area contributed by atoms with Crippen LogP contribution in [0.3, 0.4) is 0 Å². The van der Waals surface area contributed by atoms with Gasteiger partial charge in [-0.15, -0.1) is 0 Å². The molecule has 0 amide bonds. The molecule has 2 aliphatic rings. The molecule has 18 heavy (non-hydrogen) atoms. The molecule has 5 heteroatoms. The molecule has 2 rings (SSSR count). The highest BCUT2D eigenvalue weighted by Crippen LogP contribution is 2.24. The van der Waals surface area contributed by atoms with Crippen LogP contribution in [0.4, 0.5) is 0 Å². The molecular formula is C13H26N4O. The molecule has 0 aromatic heterocycles. The van der Waals surface area contributed by atoms with Crippen molar-refractivity contribution >= 4 is 5.84 Å². The van der Waals surface area contributed by atoms with E-state index in [0.29, 0.717) is 5.84 Å². The average molecular weight is 254 g/mol. The summed E-state index contributed by atoms with van der Waals surface area (Å²) in [5.74, 6) is 0.335. The normalized spacial score (nSPS) is 27.4. The maximum atomic E-state index is 8.77. The van der Waals surface area contributed by atoms with Gasteiger partial charge >= 0.3 is 0 Å². The van der Waals surface area contributed by atoms with Crippen LogP contribution in [0.1, 0.15) is 33.1 Å². The number of nitrogens with two attached hydrogens (primary N) is 1. The third kappa shape index (κ3) is 2.95. The Kier molecular flexibility index (Phi) is 4.12. The van der Waals surface area contributed by atoms with Gasteiger partial charge in [0.15, 0.2) is 0 Å². The van der Waals surface area contributed by atoms with Gasteiger partial charge in [0.2, 0.25) is 0 Å². The topological polar surface area (TPSA) is 65.1 Å². The van der Waals surface area contributed by atoms with E-state index in [-0.39, 0.29) is 5.41 Å². The molecule has 0 bridgehead atoms. The second-order valence-electron chi connectivity index (χ2n) is 6.25. The van der Waals surface area contributed by atoms with Crippen molar-refractivity contribution in [2.75, 3.05) is 32.7 Å². The molecule has 0 aromatic rings. The largest absolute Gasteiger partial charge is 0.409 e. The van der Waals surface area contributed by atoms with Crippen LogP contribution in [0.5, 0.6) is 0 Å². The Morgan fingerprint density at radius 1 is 1.39 bits per heavy atom. The monoisotopic (exact) mass is 254 g/mol. The summed E-state index contributed by atoms with van der Waals surface area (Å²) in [6.45, 7) is 9.94. The summed E-state index contributed by atoms with van der Waals surface area (Å²) in [5.41, 5.74) is 5.50. The average Bonchev–Trinajstić information content (AvgIpc) is 2.82. The maximum absolute atomic E-state index is 8.77. The lowest BCUT2D eigenvalue weighted by atomic mass is 9.87. The molecule has 2 heterocycles. The number of piperazine rings is 1. The van der Waals surface area contributed by atoms with Gasteiger partial charge in [-0.1, -0.05) is 19.0 Å². The summed E-state index contributed by atoms with van der Waals surface area (Å²) in [6, 6.07) is 0.769. The molecule has 5 nitrogen and oxygen atoms in total. The minimum absolute atomic E-state index is 0.221. The van der Waals surface area contributed by atoms with Gasteiger partial charge in [-0.25, -0.2) is 0 Å². The fourth-order valence-corrected chi connectivity index (χ4v) is 2.96. The first kappa shape index (κ1) is 13.6. The van der Waals surface area contributed by atoms with Crippen LogP contribution >= 0.6 is 0 Å². The molecule has 2 saturated heterocycles. The summed E-state index contributed by atoms with van der Waals surface area (Å²) in [5, 5.41) is 11.9. The van der Waals surface area contributed by atoms with Crippen molar-refractivity contribution in [1.82, 2.24) is 9.80 Å². The van der Waals surface area contributed by atoms with Crippen molar-refractivity contribution in [2.45, 2.75) is 39.2 Å². The van der Waals surface area contributed by atoms with Crippen LogP contribution in [0.2, 0.25) is 0 Å². The van der Waals surface area contributed by atoms with Gasteiger partial charge in [0.1, 0.15) is 5.84 Å². The molecule has 2 fully saturated rings. The van der Waals surface area contributed by atoms with E-state index < -0.39 is 0 Å². The number of hydrogen-bond acceptors (Lipinski definition) is 4. The lowest BCUT2D eigenvalue weighted by molar-refractivity contribution is 0.0982. The van der Waals surface area contributed by atoms with E-state index in [9.17, 15) is 0 Å². The number of fused-ring (bicyclic) bond motifs is 1. The Morgan fingerprint density at radius 3 is 2.89 bits per heavy atom. The number of nitrogens with zero attached hydrogens (tertiary/aromatic N) is 3. The van der Waals surface area contributed by atoms with Crippen molar-refractivity contribution in [1.29, 1.82) is 0 Å². The smallest absolute Gasteiger partial charge is 0.144 e. The second-order valence-corrected chi connectivity index (χ2v) is 6.25. The van der Waals surface area contributed by atoms with Gasteiger partial charge in [0.05, 0.1) is 0 Å². The Labute approximate surface area is 110 Å². The third-order valence-electron chi connectivity index (χ3n) is 4.53. The Bertz CT molecular complexity index is 316. The number of oxime groups is 1. The second kappa shape index (κ2) is 5.45. The highest BCUT2D eigenvalue weighted by Gasteiger charge is 2.31. The minimum Gasteiger partial charge on any atom is -0.409 e. The zero-order chi connectivity index (χ0) is 13.2. The zero-order valence-electron chi connectivity index (χ0n) is 11.6. The number of amidine groups is 1. The molecule has 104 valence electrons. The van der Waals surface area contributed by atoms with E-state index in [4.69, 9.17) is 10.9 Å². The van der Waals surface area contributed by atoms with Crippen molar-refractivity contribution in [3.8, 4) is 0 Å². The maximum Gasteiger partial charge on any atom is 0.144 e. The van der Waals surface area contributed by atoms with Gasteiger partial charge in [-0.3, -0.25) is 4.90 Å². The molecule has 0 saturated carbocycles. The molecule has 1 atom stereocenters. The Hall–Kier alpha value is -0.810. The number of rotatable bonds is 4. The van der Waals surface area contributed by atoms with E-state index in [1.165, 1.54) is 32.5 Å². The van der Waals surface area contributed by atoms with Crippen LogP contribution in [-0.4, -0.2) is 59.6 Å².